The van der Waals surface area contributed by atoms with Crippen molar-refractivity contribution in [2.75, 3.05) is 18.1 Å². The van der Waals surface area contributed by atoms with Gasteiger partial charge in [0.1, 0.15) is 0 Å². The molecule has 0 unspecified atom stereocenters. The van der Waals surface area contributed by atoms with Gasteiger partial charge in [-0.25, -0.2) is 4.90 Å². The number of esters is 1. The van der Waals surface area contributed by atoms with Crippen LogP contribution in [0.1, 0.15) is 13.3 Å². The van der Waals surface area contributed by atoms with Gasteiger partial charge in [0.15, 0.2) is 0 Å². The number of hydrogen-bond acceptors (Lipinski definition) is 5. The van der Waals surface area contributed by atoms with Crippen LogP contribution in [0.15, 0.2) is 24.3 Å². The zero-order chi connectivity index (χ0) is 15.4. The zero-order valence-corrected chi connectivity index (χ0v) is 12.2. The van der Waals surface area contributed by atoms with Crippen LogP contribution in [-0.4, -0.2) is 37.0 Å². The Morgan fingerprint density at radius 2 is 2.05 bits per heavy atom. The van der Waals surface area contributed by atoms with Crippen molar-refractivity contribution in [2.24, 2.45) is 0 Å². The zero-order valence-electron chi connectivity index (χ0n) is 11.5. The number of carbonyl (C=O) groups excluding carboxylic acids is 3. The number of carbonyl (C=O) groups is 3. The summed E-state index contributed by atoms with van der Waals surface area (Å²) in [4.78, 5) is 36.6. The van der Waals surface area contributed by atoms with Crippen molar-refractivity contribution in [2.45, 2.75) is 19.4 Å². The number of rotatable bonds is 5. The molecule has 1 atom stereocenters. The molecular weight excluding hydrogens is 296 g/mol. The molecule has 0 saturated carbocycles. The van der Waals surface area contributed by atoms with Crippen LogP contribution in [0.5, 0.6) is 0 Å². The molecule has 0 radical (unpaired) electrons. The Labute approximate surface area is 127 Å². The number of nitrogens with zero attached hydrogens (tertiary/aromatic N) is 1. The number of nitrogens with one attached hydrogen (secondary N) is 1. The van der Waals surface area contributed by atoms with E-state index in [1.807, 2.05) is 0 Å². The summed E-state index contributed by atoms with van der Waals surface area (Å²) in [7, 11) is 0. The van der Waals surface area contributed by atoms with Crippen molar-refractivity contribution in [1.29, 1.82) is 0 Å². The molecular formula is C14H15ClN2O4. The van der Waals surface area contributed by atoms with Crippen LogP contribution in [0, 0.1) is 0 Å². The van der Waals surface area contributed by atoms with Gasteiger partial charge in [-0.05, 0) is 31.2 Å². The smallest absolute Gasteiger partial charge is 0.319 e. The highest BCUT2D eigenvalue weighted by Crippen LogP contribution is 2.24. The van der Waals surface area contributed by atoms with E-state index in [1.54, 1.807) is 31.2 Å². The van der Waals surface area contributed by atoms with Gasteiger partial charge in [-0.3, -0.25) is 19.7 Å². The molecule has 0 aromatic heterocycles. The van der Waals surface area contributed by atoms with E-state index in [9.17, 15) is 14.4 Å². The quantitative estimate of drug-likeness (QED) is 0.651. The first kappa shape index (κ1) is 15.5. The molecule has 7 heteroatoms. The second-order valence-corrected chi connectivity index (χ2v) is 4.92. The van der Waals surface area contributed by atoms with Crippen LogP contribution in [0.2, 0.25) is 5.02 Å². The molecule has 2 amide bonds. The lowest BCUT2D eigenvalue weighted by molar-refractivity contribution is -0.142. The van der Waals surface area contributed by atoms with Crippen molar-refractivity contribution in [1.82, 2.24) is 5.32 Å². The second-order valence-electron chi connectivity index (χ2n) is 4.49. The Bertz CT molecular complexity index is 559. The van der Waals surface area contributed by atoms with Gasteiger partial charge in [0.25, 0.3) is 5.91 Å². The van der Waals surface area contributed by atoms with Crippen LogP contribution in [-0.2, 0) is 19.1 Å². The van der Waals surface area contributed by atoms with Crippen LogP contribution in [0.4, 0.5) is 5.69 Å². The van der Waals surface area contributed by atoms with E-state index in [-0.39, 0.29) is 31.4 Å². The number of ether oxygens (including phenoxy) is 1. The van der Waals surface area contributed by atoms with Gasteiger partial charge in [-0.1, -0.05) is 11.6 Å². The first-order valence-corrected chi connectivity index (χ1v) is 6.92. The van der Waals surface area contributed by atoms with E-state index in [1.165, 1.54) is 0 Å². The molecule has 1 heterocycles. The lowest BCUT2D eigenvalue weighted by atomic mass is 10.2. The van der Waals surface area contributed by atoms with E-state index in [0.29, 0.717) is 10.7 Å². The topological polar surface area (TPSA) is 75.7 Å². The third kappa shape index (κ3) is 3.59. The van der Waals surface area contributed by atoms with Gasteiger partial charge in [-0.2, -0.15) is 0 Å². The maximum atomic E-state index is 12.2. The second kappa shape index (κ2) is 6.69. The standard InChI is InChI=1S/C14H15ClN2O4/c1-2-21-13(19)8-16-11-7-12(18)17(14(11)20)10-5-3-9(15)4-6-10/h3-6,11,16H,2,7-8H2,1H3/t11-/m0/s1. The number of halogens is 1. The summed E-state index contributed by atoms with van der Waals surface area (Å²) in [5, 5.41) is 3.27. The highest BCUT2D eigenvalue weighted by Gasteiger charge is 2.39. The van der Waals surface area contributed by atoms with E-state index in [4.69, 9.17) is 16.3 Å². The molecule has 1 aromatic carbocycles. The number of imide groups is 1. The van der Waals surface area contributed by atoms with Gasteiger partial charge in [0, 0.05) is 5.02 Å². The molecule has 1 N–H and O–H groups in total. The first-order valence-electron chi connectivity index (χ1n) is 6.54. The molecule has 21 heavy (non-hydrogen) atoms. The number of amides is 2. The summed E-state index contributed by atoms with van der Waals surface area (Å²) in [5.41, 5.74) is 0.467. The molecule has 0 bridgehead atoms. The molecule has 1 aliphatic heterocycles. The summed E-state index contributed by atoms with van der Waals surface area (Å²) < 4.78 is 4.76. The fourth-order valence-electron chi connectivity index (χ4n) is 2.07. The predicted octanol–water partition coefficient (Wildman–Crippen LogP) is 1.12. The van der Waals surface area contributed by atoms with Crippen LogP contribution >= 0.6 is 11.6 Å². The average Bonchev–Trinajstić information content (AvgIpc) is 2.73. The number of benzene rings is 1. The van der Waals surface area contributed by atoms with Gasteiger partial charge in [0.05, 0.1) is 31.3 Å². The van der Waals surface area contributed by atoms with Gasteiger partial charge in [-0.15, -0.1) is 0 Å². The fraction of sp³-hybridized carbons (Fsp3) is 0.357. The Morgan fingerprint density at radius 1 is 1.38 bits per heavy atom. The van der Waals surface area contributed by atoms with Crippen molar-refractivity contribution < 1.29 is 19.1 Å². The predicted molar refractivity (Wildman–Crippen MR) is 77.0 cm³/mol. The monoisotopic (exact) mass is 310 g/mol. The Balaban J connectivity index is 2.03. The molecule has 0 aliphatic carbocycles. The minimum atomic E-state index is -0.711. The SMILES string of the molecule is CCOC(=O)CN[C@H]1CC(=O)N(c2ccc(Cl)cc2)C1=O. The minimum absolute atomic E-state index is 0.0147. The summed E-state index contributed by atoms with van der Waals surface area (Å²) in [6.07, 6.45) is 0.0147. The van der Waals surface area contributed by atoms with Gasteiger partial charge in [0.2, 0.25) is 5.91 Å². The normalized spacial score (nSPS) is 18.2. The van der Waals surface area contributed by atoms with E-state index in [0.717, 1.165) is 4.90 Å². The molecule has 112 valence electrons. The molecule has 0 spiro atoms. The highest BCUT2D eigenvalue weighted by molar-refractivity contribution is 6.30. The van der Waals surface area contributed by atoms with Gasteiger partial charge < -0.3 is 4.74 Å². The Hall–Kier alpha value is -1.92. The maximum Gasteiger partial charge on any atom is 0.319 e. The minimum Gasteiger partial charge on any atom is -0.465 e. The van der Waals surface area contributed by atoms with E-state index in [2.05, 4.69) is 5.32 Å². The van der Waals surface area contributed by atoms with Crippen LogP contribution in [0.3, 0.4) is 0 Å². The summed E-state index contributed by atoms with van der Waals surface area (Å²) in [6, 6.07) is 5.71. The summed E-state index contributed by atoms with van der Waals surface area (Å²) in [6.45, 7) is 1.87. The fourth-order valence-corrected chi connectivity index (χ4v) is 2.20. The first-order chi connectivity index (χ1) is 10.0. The van der Waals surface area contributed by atoms with Crippen molar-refractivity contribution in [3.05, 3.63) is 29.3 Å². The van der Waals surface area contributed by atoms with E-state index >= 15 is 0 Å². The number of anilines is 1. The molecule has 6 nitrogen and oxygen atoms in total. The number of hydrogen-bond donors (Lipinski definition) is 1. The van der Waals surface area contributed by atoms with Crippen LogP contribution in [0.25, 0.3) is 0 Å². The third-order valence-corrected chi connectivity index (χ3v) is 3.28. The molecule has 1 saturated heterocycles. The summed E-state index contributed by atoms with van der Waals surface area (Å²) >= 11 is 5.78. The largest absolute Gasteiger partial charge is 0.465 e. The highest BCUT2D eigenvalue weighted by atomic mass is 35.5. The molecule has 1 aliphatic rings. The maximum absolute atomic E-state index is 12.2. The van der Waals surface area contributed by atoms with Crippen molar-refractivity contribution >= 4 is 35.1 Å². The molecule has 2 rings (SSSR count). The molecule has 1 aromatic rings. The summed E-state index contributed by atoms with van der Waals surface area (Å²) in [5.74, 6) is -1.15. The lowest BCUT2D eigenvalue weighted by Crippen LogP contribution is -2.41. The van der Waals surface area contributed by atoms with Gasteiger partial charge >= 0.3 is 5.97 Å². The third-order valence-electron chi connectivity index (χ3n) is 3.03. The molecule has 1 fully saturated rings. The Morgan fingerprint density at radius 3 is 2.67 bits per heavy atom. The van der Waals surface area contributed by atoms with Crippen LogP contribution < -0.4 is 10.2 Å². The lowest BCUT2D eigenvalue weighted by Gasteiger charge is -2.15. The van der Waals surface area contributed by atoms with Crippen molar-refractivity contribution in [3.8, 4) is 0 Å². The Kier molecular flexibility index (Phi) is 4.93. The van der Waals surface area contributed by atoms with E-state index < -0.39 is 12.0 Å². The van der Waals surface area contributed by atoms with Crippen molar-refractivity contribution in [3.63, 3.8) is 0 Å². The average molecular weight is 311 g/mol.